The number of ether oxygens (including phenoxy) is 1. The fourth-order valence-corrected chi connectivity index (χ4v) is 3.36. The minimum absolute atomic E-state index is 0.543. The molecule has 0 N–H and O–H groups in total. The van der Waals surface area contributed by atoms with E-state index in [9.17, 15) is 0 Å². The van der Waals surface area contributed by atoms with Crippen LogP contribution in [0.25, 0.3) is 0 Å². The van der Waals surface area contributed by atoms with Crippen LogP contribution in [0.4, 0.5) is 5.82 Å². The Morgan fingerprint density at radius 2 is 1.91 bits per heavy atom. The Balaban J connectivity index is 1.66. The number of hydrogen-bond acceptors (Lipinski definition) is 6. The minimum atomic E-state index is 0.543. The Morgan fingerprint density at radius 1 is 1.13 bits per heavy atom. The van der Waals surface area contributed by atoms with Crippen LogP contribution in [0.1, 0.15) is 23.6 Å². The molecule has 0 amide bonds. The highest BCUT2D eigenvalue weighted by Gasteiger charge is 2.22. The first-order chi connectivity index (χ1) is 11.2. The van der Waals surface area contributed by atoms with Crippen LogP contribution in [0.2, 0.25) is 0 Å². The topological polar surface area (TPSA) is 41.5 Å². The summed E-state index contributed by atoms with van der Waals surface area (Å²) in [4.78, 5) is 4.74. The van der Waals surface area contributed by atoms with Crippen LogP contribution in [-0.4, -0.2) is 46.4 Å². The Kier molecular flexibility index (Phi) is 5.13. The van der Waals surface area contributed by atoms with Gasteiger partial charge in [-0.25, -0.2) is 0 Å². The average molecular weight is 332 g/mol. The zero-order valence-corrected chi connectivity index (χ0v) is 14.9. The van der Waals surface area contributed by atoms with Gasteiger partial charge in [-0.15, -0.1) is 4.37 Å². The smallest absolute Gasteiger partial charge is 0.271 e. The number of piperazine rings is 1. The van der Waals surface area contributed by atoms with Crippen molar-refractivity contribution >= 4 is 17.5 Å². The lowest BCUT2D eigenvalue weighted by atomic mass is 10.1. The summed E-state index contributed by atoms with van der Waals surface area (Å²) in [6.07, 6.45) is 0. The molecule has 0 saturated carbocycles. The molecule has 124 valence electrons. The standard InChI is InChI=1S/C17H24N4OS/c1-4-20-7-9-21(10-8-20)16-17(19-23-18-16)22-12-15-11-13(2)5-6-14(15)3/h5-6,11H,4,7-10,12H2,1-3H3. The molecule has 23 heavy (non-hydrogen) atoms. The maximum atomic E-state index is 5.99. The highest BCUT2D eigenvalue weighted by atomic mass is 32.1. The number of nitrogens with zero attached hydrogens (tertiary/aromatic N) is 4. The van der Waals surface area contributed by atoms with E-state index in [1.807, 2.05) is 0 Å². The number of rotatable bonds is 5. The summed E-state index contributed by atoms with van der Waals surface area (Å²) >= 11 is 1.23. The maximum absolute atomic E-state index is 5.99. The second-order valence-electron chi connectivity index (χ2n) is 6.03. The van der Waals surface area contributed by atoms with Crippen molar-refractivity contribution in [1.82, 2.24) is 13.6 Å². The second-order valence-corrected chi connectivity index (χ2v) is 6.56. The Morgan fingerprint density at radius 3 is 2.65 bits per heavy atom. The number of anilines is 1. The van der Waals surface area contributed by atoms with E-state index in [0.29, 0.717) is 12.5 Å². The van der Waals surface area contributed by atoms with Crippen molar-refractivity contribution in [2.24, 2.45) is 0 Å². The number of aromatic nitrogens is 2. The molecule has 1 aliphatic heterocycles. The van der Waals surface area contributed by atoms with Crippen LogP contribution >= 0.6 is 11.7 Å². The van der Waals surface area contributed by atoms with Crippen LogP contribution in [0.3, 0.4) is 0 Å². The SMILES string of the molecule is CCN1CCN(c2nsnc2OCc2cc(C)ccc2C)CC1. The number of benzene rings is 1. The molecule has 1 saturated heterocycles. The molecule has 1 aliphatic rings. The molecular weight excluding hydrogens is 308 g/mol. The first kappa shape index (κ1) is 16.2. The van der Waals surface area contributed by atoms with Crippen molar-refractivity contribution in [3.8, 4) is 5.88 Å². The first-order valence-corrected chi connectivity index (χ1v) is 8.89. The van der Waals surface area contributed by atoms with Gasteiger partial charge in [0.15, 0.2) is 0 Å². The lowest BCUT2D eigenvalue weighted by Crippen LogP contribution is -2.46. The fraction of sp³-hybridized carbons (Fsp3) is 0.529. The van der Waals surface area contributed by atoms with Gasteiger partial charge in [-0.1, -0.05) is 30.7 Å². The van der Waals surface area contributed by atoms with Crippen molar-refractivity contribution in [1.29, 1.82) is 0 Å². The predicted molar refractivity (Wildman–Crippen MR) is 94.5 cm³/mol. The van der Waals surface area contributed by atoms with Crippen LogP contribution in [0.15, 0.2) is 18.2 Å². The van der Waals surface area contributed by atoms with Gasteiger partial charge in [0.2, 0.25) is 5.82 Å². The maximum Gasteiger partial charge on any atom is 0.271 e. The number of likely N-dealkylation sites (N-methyl/N-ethyl adjacent to an activating group) is 1. The molecule has 1 aromatic heterocycles. The van der Waals surface area contributed by atoms with E-state index in [1.165, 1.54) is 28.4 Å². The molecule has 1 fully saturated rings. The molecule has 5 nitrogen and oxygen atoms in total. The second kappa shape index (κ2) is 7.27. The van der Waals surface area contributed by atoms with E-state index in [-0.39, 0.29) is 0 Å². The number of aryl methyl sites for hydroxylation is 2. The Bertz CT molecular complexity index is 650. The molecule has 2 aromatic rings. The van der Waals surface area contributed by atoms with Gasteiger partial charge in [0.05, 0.1) is 11.7 Å². The number of hydrogen-bond donors (Lipinski definition) is 0. The normalized spacial score (nSPS) is 15.9. The van der Waals surface area contributed by atoms with Gasteiger partial charge in [0.25, 0.3) is 5.88 Å². The highest BCUT2D eigenvalue weighted by molar-refractivity contribution is 6.99. The minimum Gasteiger partial charge on any atom is -0.470 e. The van der Waals surface area contributed by atoms with E-state index in [0.717, 1.165) is 38.5 Å². The summed E-state index contributed by atoms with van der Waals surface area (Å²) in [5.41, 5.74) is 3.71. The van der Waals surface area contributed by atoms with Gasteiger partial charge in [-0.3, -0.25) is 0 Å². The van der Waals surface area contributed by atoms with E-state index < -0.39 is 0 Å². The molecule has 3 rings (SSSR count). The summed E-state index contributed by atoms with van der Waals surface area (Å²) in [5, 5.41) is 0. The van der Waals surface area contributed by atoms with Crippen molar-refractivity contribution in [3.05, 3.63) is 34.9 Å². The summed E-state index contributed by atoms with van der Waals surface area (Å²) < 4.78 is 14.8. The van der Waals surface area contributed by atoms with Gasteiger partial charge in [-0.05, 0) is 31.5 Å². The molecule has 2 heterocycles. The molecular formula is C17H24N4OS. The third-order valence-electron chi connectivity index (χ3n) is 4.43. The quantitative estimate of drug-likeness (QED) is 0.842. The van der Waals surface area contributed by atoms with E-state index in [2.05, 4.69) is 57.5 Å². The molecule has 6 heteroatoms. The van der Waals surface area contributed by atoms with Gasteiger partial charge in [0.1, 0.15) is 6.61 Å². The first-order valence-electron chi connectivity index (χ1n) is 8.16. The van der Waals surface area contributed by atoms with Gasteiger partial charge < -0.3 is 14.5 Å². The zero-order chi connectivity index (χ0) is 16.2. The molecule has 1 aromatic carbocycles. The third-order valence-corrected chi connectivity index (χ3v) is 4.93. The van der Waals surface area contributed by atoms with Gasteiger partial charge in [0, 0.05) is 26.2 Å². The monoisotopic (exact) mass is 332 g/mol. The summed E-state index contributed by atoms with van der Waals surface area (Å²) in [7, 11) is 0. The molecule has 0 bridgehead atoms. The Labute approximate surface area is 142 Å². The summed E-state index contributed by atoms with van der Waals surface area (Å²) in [6.45, 7) is 12.2. The largest absolute Gasteiger partial charge is 0.470 e. The molecule has 0 atom stereocenters. The fourth-order valence-electron chi connectivity index (χ4n) is 2.84. The highest BCUT2D eigenvalue weighted by Crippen LogP contribution is 2.27. The van der Waals surface area contributed by atoms with Gasteiger partial charge >= 0.3 is 0 Å². The van der Waals surface area contributed by atoms with E-state index in [1.54, 1.807) is 0 Å². The lowest BCUT2D eigenvalue weighted by molar-refractivity contribution is 0.265. The molecule has 0 unspecified atom stereocenters. The van der Waals surface area contributed by atoms with Crippen molar-refractivity contribution in [3.63, 3.8) is 0 Å². The van der Waals surface area contributed by atoms with Gasteiger partial charge in [-0.2, -0.15) is 4.37 Å². The van der Waals surface area contributed by atoms with Crippen LogP contribution < -0.4 is 9.64 Å². The van der Waals surface area contributed by atoms with Crippen molar-refractivity contribution in [2.75, 3.05) is 37.6 Å². The van der Waals surface area contributed by atoms with Crippen LogP contribution in [0.5, 0.6) is 5.88 Å². The molecule has 0 spiro atoms. The van der Waals surface area contributed by atoms with E-state index >= 15 is 0 Å². The zero-order valence-electron chi connectivity index (χ0n) is 14.1. The predicted octanol–water partition coefficient (Wildman–Crippen LogP) is 2.88. The lowest BCUT2D eigenvalue weighted by Gasteiger charge is -2.34. The van der Waals surface area contributed by atoms with Crippen LogP contribution in [0, 0.1) is 13.8 Å². The Hall–Kier alpha value is -1.66. The van der Waals surface area contributed by atoms with E-state index in [4.69, 9.17) is 4.74 Å². The van der Waals surface area contributed by atoms with Crippen LogP contribution in [-0.2, 0) is 6.61 Å². The summed E-state index contributed by atoms with van der Waals surface area (Å²) in [5.74, 6) is 1.57. The molecule has 0 aliphatic carbocycles. The average Bonchev–Trinajstić information content (AvgIpc) is 3.04. The van der Waals surface area contributed by atoms with Crippen molar-refractivity contribution in [2.45, 2.75) is 27.4 Å². The summed E-state index contributed by atoms with van der Waals surface area (Å²) in [6, 6.07) is 6.44. The molecule has 0 radical (unpaired) electrons. The van der Waals surface area contributed by atoms with Crippen molar-refractivity contribution < 1.29 is 4.74 Å². The third kappa shape index (κ3) is 3.82.